The van der Waals surface area contributed by atoms with E-state index in [1.165, 1.54) is 32.1 Å². The molecule has 1 heterocycles. The molecule has 0 amide bonds. The van der Waals surface area contributed by atoms with E-state index in [2.05, 4.69) is 26.1 Å². The average Bonchev–Trinajstić information content (AvgIpc) is 3.08. The van der Waals surface area contributed by atoms with Gasteiger partial charge in [-0.25, -0.2) is 0 Å². The number of hydrogen-bond donors (Lipinski definition) is 1. The van der Waals surface area contributed by atoms with Gasteiger partial charge >= 0.3 is 0 Å². The molecule has 4 atom stereocenters. The smallest absolute Gasteiger partial charge is 0.0809 e. The standard InChI is InChI=1S/C18H33NO2/c1-17(2)14-7-8-18(17,3)16(12-14)19-9-5-10-20-13-15-6-4-11-21-15/h14-16,19H,4-13H2,1-3H3. The number of nitrogens with one attached hydrogen (secondary N) is 1. The van der Waals surface area contributed by atoms with Crippen LogP contribution in [0.3, 0.4) is 0 Å². The maximum atomic E-state index is 5.75. The van der Waals surface area contributed by atoms with Gasteiger partial charge in [-0.15, -0.1) is 0 Å². The van der Waals surface area contributed by atoms with Gasteiger partial charge in [0.05, 0.1) is 12.7 Å². The lowest BCUT2D eigenvalue weighted by molar-refractivity contribution is 0.0161. The average molecular weight is 295 g/mol. The lowest BCUT2D eigenvalue weighted by atomic mass is 9.69. The molecule has 0 spiro atoms. The summed E-state index contributed by atoms with van der Waals surface area (Å²) in [4.78, 5) is 0. The largest absolute Gasteiger partial charge is 0.379 e. The minimum atomic E-state index is 0.364. The fraction of sp³-hybridized carbons (Fsp3) is 1.00. The van der Waals surface area contributed by atoms with Crippen molar-refractivity contribution in [3.8, 4) is 0 Å². The van der Waals surface area contributed by atoms with Gasteiger partial charge in [0, 0.05) is 19.3 Å². The zero-order chi connectivity index (χ0) is 14.9. The van der Waals surface area contributed by atoms with E-state index in [0.29, 0.717) is 23.0 Å². The molecule has 21 heavy (non-hydrogen) atoms. The first-order valence-corrected chi connectivity index (χ1v) is 8.97. The van der Waals surface area contributed by atoms with Gasteiger partial charge in [0.25, 0.3) is 0 Å². The van der Waals surface area contributed by atoms with Gasteiger partial charge in [-0.05, 0) is 61.8 Å². The van der Waals surface area contributed by atoms with Crippen LogP contribution in [-0.4, -0.2) is 38.5 Å². The Bertz CT molecular complexity index is 351. The van der Waals surface area contributed by atoms with Crippen molar-refractivity contribution in [3.05, 3.63) is 0 Å². The highest BCUT2D eigenvalue weighted by Crippen LogP contribution is 2.65. The van der Waals surface area contributed by atoms with E-state index < -0.39 is 0 Å². The van der Waals surface area contributed by atoms with Crippen LogP contribution in [0.15, 0.2) is 0 Å². The third kappa shape index (κ3) is 2.89. The molecular formula is C18H33NO2. The summed E-state index contributed by atoms with van der Waals surface area (Å²) in [5.74, 6) is 0.927. The van der Waals surface area contributed by atoms with E-state index >= 15 is 0 Å². The molecule has 1 aliphatic heterocycles. The quantitative estimate of drug-likeness (QED) is 0.730. The molecule has 0 aromatic carbocycles. The van der Waals surface area contributed by atoms with Crippen molar-refractivity contribution in [3.63, 3.8) is 0 Å². The normalized spacial score (nSPS) is 41.0. The molecular weight excluding hydrogens is 262 g/mol. The summed E-state index contributed by atoms with van der Waals surface area (Å²) in [7, 11) is 0. The predicted molar refractivity (Wildman–Crippen MR) is 85.4 cm³/mol. The van der Waals surface area contributed by atoms with E-state index in [9.17, 15) is 0 Å². The molecule has 2 saturated carbocycles. The van der Waals surface area contributed by atoms with Crippen LogP contribution in [0.25, 0.3) is 0 Å². The van der Waals surface area contributed by atoms with Crippen molar-refractivity contribution >= 4 is 0 Å². The number of rotatable bonds is 7. The Morgan fingerprint density at radius 1 is 1.24 bits per heavy atom. The van der Waals surface area contributed by atoms with Gasteiger partial charge in [-0.2, -0.15) is 0 Å². The third-order valence-corrected chi connectivity index (χ3v) is 6.98. The molecule has 3 rings (SSSR count). The molecule has 0 aromatic heterocycles. The molecule has 3 heteroatoms. The van der Waals surface area contributed by atoms with Crippen LogP contribution in [-0.2, 0) is 9.47 Å². The van der Waals surface area contributed by atoms with Crippen molar-refractivity contribution in [1.29, 1.82) is 0 Å². The lowest BCUT2D eigenvalue weighted by Gasteiger charge is -2.39. The van der Waals surface area contributed by atoms with Crippen LogP contribution in [0.1, 0.15) is 59.3 Å². The summed E-state index contributed by atoms with van der Waals surface area (Å²) in [5, 5.41) is 3.83. The van der Waals surface area contributed by atoms with E-state index in [-0.39, 0.29) is 0 Å². The Balaban J connectivity index is 1.31. The molecule has 3 nitrogen and oxygen atoms in total. The fourth-order valence-electron chi connectivity index (χ4n) is 4.95. The van der Waals surface area contributed by atoms with Gasteiger partial charge in [-0.1, -0.05) is 20.8 Å². The van der Waals surface area contributed by atoms with Crippen LogP contribution >= 0.6 is 0 Å². The Morgan fingerprint density at radius 3 is 2.71 bits per heavy atom. The van der Waals surface area contributed by atoms with E-state index in [0.717, 1.165) is 38.7 Å². The summed E-state index contributed by atoms with van der Waals surface area (Å²) in [5.41, 5.74) is 1.01. The summed E-state index contributed by atoms with van der Waals surface area (Å²) in [6.07, 6.45) is 8.07. The minimum absolute atomic E-state index is 0.364. The first-order chi connectivity index (χ1) is 10.0. The monoisotopic (exact) mass is 295 g/mol. The Morgan fingerprint density at radius 2 is 2.10 bits per heavy atom. The van der Waals surface area contributed by atoms with E-state index in [1.807, 2.05) is 0 Å². The van der Waals surface area contributed by atoms with Crippen LogP contribution in [0.4, 0.5) is 0 Å². The predicted octanol–water partition coefficient (Wildman–Crippen LogP) is 3.38. The first-order valence-electron chi connectivity index (χ1n) is 8.97. The molecule has 3 fully saturated rings. The summed E-state index contributed by atoms with van der Waals surface area (Å²) >= 11 is 0. The highest BCUT2D eigenvalue weighted by molar-refractivity contribution is 5.12. The van der Waals surface area contributed by atoms with Gasteiger partial charge in [0.1, 0.15) is 0 Å². The SMILES string of the molecule is CC1(C)C2CCC1(C)C(NCCCOCC1CCCO1)C2. The highest BCUT2D eigenvalue weighted by Gasteiger charge is 2.60. The summed E-state index contributed by atoms with van der Waals surface area (Å²) in [6.45, 7) is 11.1. The summed E-state index contributed by atoms with van der Waals surface area (Å²) < 4.78 is 11.3. The van der Waals surface area contributed by atoms with Crippen LogP contribution in [0.2, 0.25) is 0 Å². The topological polar surface area (TPSA) is 30.5 Å². The van der Waals surface area contributed by atoms with Crippen molar-refractivity contribution < 1.29 is 9.47 Å². The number of fused-ring (bicyclic) bond motifs is 2. The van der Waals surface area contributed by atoms with Gasteiger partial charge < -0.3 is 14.8 Å². The Kier molecular flexibility index (Phi) is 4.63. The van der Waals surface area contributed by atoms with Crippen LogP contribution in [0, 0.1) is 16.7 Å². The highest BCUT2D eigenvalue weighted by atomic mass is 16.5. The molecule has 1 N–H and O–H groups in total. The zero-order valence-electron chi connectivity index (χ0n) is 14.1. The van der Waals surface area contributed by atoms with Crippen molar-refractivity contribution in [1.82, 2.24) is 5.32 Å². The number of ether oxygens (including phenoxy) is 2. The zero-order valence-corrected chi connectivity index (χ0v) is 14.1. The number of hydrogen-bond acceptors (Lipinski definition) is 3. The van der Waals surface area contributed by atoms with Crippen LogP contribution < -0.4 is 5.32 Å². The van der Waals surface area contributed by atoms with Crippen LogP contribution in [0.5, 0.6) is 0 Å². The maximum absolute atomic E-state index is 5.75. The Labute approximate surface area is 130 Å². The molecule has 2 aliphatic carbocycles. The third-order valence-electron chi connectivity index (χ3n) is 6.98. The first kappa shape index (κ1) is 15.8. The molecule has 0 radical (unpaired) electrons. The minimum Gasteiger partial charge on any atom is -0.379 e. The summed E-state index contributed by atoms with van der Waals surface area (Å²) in [6, 6.07) is 0.712. The van der Waals surface area contributed by atoms with Crippen molar-refractivity contribution in [2.24, 2.45) is 16.7 Å². The molecule has 3 aliphatic rings. The second kappa shape index (κ2) is 6.17. The van der Waals surface area contributed by atoms with Gasteiger partial charge in [0.15, 0.2) is 0 Å². The molecule has 2 bridgehead atoms. The van der Waals surface area contributed by atoms with Gasteiger partial charge in [0.2, 0.25) is 0 Å². The van der Waals surface area contributed by atoms with Crippen molar-refractivity contribution in [2.45, 2.75) is 71.4 Å². The second-order valence-electron chi connectivity index (χ2n) is 8.18. The Hall–Kier alpha value is -0.120. The van der Waals surface area contributed by atoms with Gasteiger partial charge in [-0.3, -0.25) is 0 Å². The molecule has 4 unspecified atom stereocenters. The van der Waals surface area contributed by atoms with E-state index in [4.69, 9.17) is 9.47 Å². The molecule has 122 valence electrons. The molecule has 1 saturated heterocycles. The lowest BCUT2D eigenvalue weighted by Crippen LogP contribution is -2.44. The van der Waals surface area contributed by atoms with Crippen molar-refractivity contribution in [2.75, 3.05) is 26.4 Å². The van der Waals surface area contributed by atoms with E-state index in [1.54, 1.807) is 0 Å². The molecule has 0 aromatic rings. The second-order valence-corrected chi connectivity index (χ2v) is 8.18. The maximum Gasteiger partial charge on any atom is 0.0809 e. The fourth-order valence-corrected chi connectivity index (χ4v) is 4.95.